The highest BCUT2D eigenvalue weighted by atomic mass is 19.4. The second kappa shape index (κ2) is 4.58. The van der Waals surface area contributed by atoms with Crippen LogP contribution in [0.4, 0.5) is 32.0 Å². The normalized spacial score (nSPS) is 15.6. The summed E-state index contributed by atoms with van der Waals surface area (Å²) >= 11 is 0. The molecule has 0 bridgehead atoms. The van der Waals surface area contributed by atoms with Crippen LogP contribution in [-0.2, 0) is 5.67 Å². The van der Waals surface area contributed by atoms with Gasteiger partial charge in [-0.3, -0.25) is 0 Å². The van der Waals surface area contributed by atoms with Crippen LogP contribution in [0.15, 0.2) is 18.2 Å². The number of nitrogen functional groups attached to an aromatic ring is 1. The van der Waals surface area contributed by atoms with Crippen molar-refractivity contribution in [1.29, 1.82) is 0 Å². The Kier molecular flexibility index (Phi) is 3.68. The average molecular weight is 273 g/mol. The fourth-order valence-corrected chi connectivity index (χ4v) is 1.35. The fourth-order valence-electron chi connectivity index (χ4n) is 1.35. The lowest BCUT2D eigenvalue weighted by atomic mass is 9.95. The number of hydrogen-bond acceptors (Lipinski definition) is 2. The molecule has 0 heterocycles. The van der Waals surface area contributed by atoms with E-state index in [2.05, 4.69) is 4.74 Å². The minimum atomic E-state index is -5.75. The number of anilines is 1. The summed E-state index contributed by atoms with van der Waals surface area (Å²) in [5.74, 6) is -0.306. The summed E-state index contributed by atoms with van der Waals surface area (Å²) in [6, 6.07) is 1.93. The first-order valence-corrected chi connectivity index (χ1v) is 4.62. The number of ether oxygens (including phenoxy) is 1. The van der Waals surface area contributed by atoms with E-state index < -0.39 is 23.8 Å². The van der Waals surface area contributed by atoms with Crippen molar-refractivity contribution in [3.05, 3.63) is 23.8 Å². The molecule has 0 aromatic heterocycles. The van der Waals surface area contributed by atoms with Gasteiger partial charge in [0.2, 0.25) is 0 Å². The Morgan fingerprint density at radius 3 is 2.11 bits per heavy atom. The van der Waals surface area contributed by atoms with Crippen molar-refractivity contribution in [2.45, 2.75) is 18.3 Å². The van der Waals surface area contributed by atoms with Gasteiger partial charge in [-0.2, -0.15) is 13.2 Å². The van der Waals surface area contributed by atoms with Gasteiger partial charge in [0.25, 0.3) is 12.1 Å². The van der Waals surface area contributed by atoms with E-state index in [1.54, 1.807) is 0 Å². The number of methoxy groups -OCH3 is 1. The molecule has 2 nitrogen and oxygen atoms in total. The Labute approximate surface area is 98.3 Å². The molecule has 18 heavy (non-hydrogen) atoms. The second-order valence-electron chi connectivity index (χ2n) is 3.47. The van der Waals surface area contributed by atoms with Crippen molar-refractivity contribution < 1.29 is 31.1 Å². The van der Waals surface area contributed by atoms with Gasteiger partial charge in [0.15, 0.2) is 0 Å². The molecule has 0 aliphatic rings. The quantitative estimate of drug-likeness (QED) is 0.677. The van der Waals surface area contributed by atoms with E-state index in [0.717, 1.165) is 13.2 Å². The number of nitrogens with two attached hydrogens (primary N) is 1. The number of hydrogen-bond donors (Lipinski definition) is 1. The largest absolute Gasteiger partial charge is 0.495 e. The lowest BCUT2D eigenvalue weighted by Crippen LogP contribution is -2.44. The third kappa shape index (κ3) is 2.19. The third-order valence-electron chi connectivity index (χ3n) is 2.37. The topological polar surface area (TPSA) is 35.2 Å². The van der Waals surface area contributed by atoms with Gasteiger partial charge in [-0.1, -0.05) is 6.07 Å². The number of rotatable bonds is 3. The molecule has 0 aliphatic carbocycles. The first kappa shape index (κ1) is 14.5. The average Bonchev–Trinajstić information content (AvgIpc) is 2.26. The summed E-state index contributed by atoms with van der Waals surface area (Å²) in [4.78, 5) is 0. The molecule has 0 saturated carbocycles. The van der Waals surface area contributed by atoms with Crippen molar-refractivity contribution in [2.75, 3.05) is 12.8 Å². The molecule has 0 fully saturated rings. The molecule has 1 aromatic carbocycles. The van der Waals surface area contributed by atoms with Gasteiger partial charge in [-0.15, -0.1) is 0 Å². The molecule has 1 atom stereocenters. The van der Waals surface area contributed by atoms with Crippen LogP contribution < -0.4 is 10.5 Å². The third-order valence-corrected chi connectivity index (χ3v) is 2.37. The van der Waals surface area contributed by atoms with Crippen LogP contribution in [0.3, 0.4) is 0 Å². The molecule has 0 spiro atoms. The van der Waals surface area contributed by atoms with E-state index in [9.17, 15) is 26.3 Å². The standard InChI is InChI=1S/C10H9F6NO/c1-18-7-4-5(2-3-6(7)17)9(13,8(11)12)10(14,15)16/h2-4,8H,17H2,1H3. The zero-order valence-corrected chi connectivity index (χ0v) is 9.06. The highest BCUT2D eigenvalue weighted by molar-refractivity contribution is 5.55. The van der Waals surface area contributed by atoms with Crippen LogP contribution in [0.5, 0.6) is 5.75 Å². The Morgan fingerprint density at radius 2 is 1.72 bits per heavy atom. The van der Waals surface area contributed by atoms with Gasteiger partial charge in [0, 0.05) is 5.56 Å². The number of alkyl halides is 6. The van der Waals surface area contributed by atoms with E-state index in [1.165, 1.54) is 0 Å². The van der Waals surface area contributed by atoms with E-state index in [4.69, 9.17) is 5.73 Å². The molecule has 0 radical (unpaired) electrons. The van der Waals surface area contributed by atoms with Crippen LogP contribution in [-0.4, -0.2) is 19.7 Å². The highest BCUT2D eigenvalue weighted by Crippen LogP contribution is 2.48. The first-order valence-electron chi connectivity index (χ1n) is 4.62. The smallest absolute Gasteiger partial charge is 0.432 e. The predicted octanol–water partition coefficient (Wildman–Crippen LogP) is 3.27. The summed E-state index contributed by atoms with van der Waals surface area (Å²) in [6.45, 7) is 0. The van der Waals surface area contributed by atoms with E-state index in [1.807, 2.05) is 0 Å². The van der Waals surface area contributed by atoms with Crippen LogP contribution in [0.2, 0.25) is 0 Å². The monoisotopic (exact) mass is 273 g/mol. The van der Waals surface area contributed by atoms with Gasteiger partial charge >= 0.3 is 6.18 Å². The maximum absolute atomic E-state index is 13.6. The van der Waals surface area contributed by atoms with Crippen molar-refractivity contribution in [3.63, 3.8) is 0 Å². The molecule has 0 aliphatic heterocycles. The number of halogens is 6. The Hall–Kier alpha value is -1.60. The summed E-state index contributed by atoms with van der Waals surface area (Å²) in [6.07, 6.45) is -10.0. The van der Waals surface area contributed by atoms with E-state index >= 15 is 0 Å². The zero-order valence-electron chi connectivity index (χ0n) is 9.06. The molecular weight excluding hydrogens is 264 g/mol. The zero-order chi connectivity index (χ0) is 14.1. The first-order chi connectivity index (χ1) is 8.14. The van der Waals surface area contributed by atoms with Gasteiger partial charge < -0.3 is 10.5 Å². The molecule has 102 valence electrons. The Balaban J connectivity index is 3.41. The van der Waals surface area contributed by atoms with Crippen LogP contribution >= 0.6 is 0 Å². The molecule has 0 amide bonds. The minimum absolute atomic E-state index is 0.0833. The lowest BCUT2D eigenvalue weighted by molar-refractivity contribution is -0.274. The maximum atomic E-state index is 13.6. The SMILES string of the molecule is COc1cc(C(F)(C(F)F)C(F)(F)F)ccc1N. The summed E-state index contributed by atoms with van der Waals surface area (Å²) in [5, 5.41) is 0. The van der Waals surface area contributed by atoms with Crippen LogP contribution in [0.1, 0.15) is 5.56 Å². The summed E-state index contributed by atoms with van der Waals surface area (Å²) in [7, 11) is 1.07. The summed E-state index contributed by atoms with van der Waals surface area (Å²) in [5.41, 5.74) is -0.781. The van der Waals surface area contributed by atoms with Crippen molar-refractivity contribution in [2.24, 2.45) is 0 Å². The highest BCUT2D eigenvalue weighted by Gasteiger charge is 2.64. The van der Waals surface area contributed by atoms with Crippen LogP contribution in [0, 0.1) is 0 Å². The molecule has 0 saturated heterocycles. The van der Waals surface area contributed by atoms with Gasteiger partial charge in [0.1, 0.15) is 5.75 Å². The molecular formula is C10H9F6NO. The lowest BCUT2D eigenvalue weighted by Gasteiger charge is -2.27. The maximum Gasteiger partial charge on any atom is 0.432 e. The Morgan fingerprint density at radius 1 is 1.17 bits per heavy atom. The van der Waals surface area contributed by atoms with E-state index in [-0.39, 0.29) is 11.4 Å². The molecule has 8 heteroatoms. The second-order valence-corrected chi connectivity index (χ2v) is 3.47. The van der Waals surface area contributed by atoms with Gasteiger partial charge in [-0.25, -0.2) is 13.2 Å². The van der Waals surface area contributed by atoms with Gasteiger partial charge in [-0.05, 0) is 12.1 Å². The summed E-state index contributed by atoms with van der Waals surface area (Å²) < 4.78 is 80.4. The molecule has 1 rings (SSSR count). The Bertz CT molecular complexity index is 433. The molecule has 1 aromatic rings. The number of benzene rings is 1. The fraction of sp³-hybridized carbons (Fsp3) is 0.400. The molecule has 1 unspecified atom stereocenters. The van der Waals surface area contributed by atoms with Gasteiger partial charge in [0.05, 0.1) is 12.8 Å². The van der Waals surface area contributed by atoms with E-state index in [0.29, 0.717) is 12.1 Å². The van der Waals surface area contributed by atoms with Crippen LogP contribution in [0.25, 0.3) is 0 Å². The molecule has 2 N–H and O–H groups in total. The van der Waals surface area contributed by atoms with Crippen molar-refractivity contribution in [1.82, 2.24) is 0 Å². The minimum Gasteiger partial charge on any atom is -0.495 e. The van der Waals surface area contributed by atoms with Crippen molar-refractivity contribution >= 4 is 5.69 Å². The van der Waals surface area contributed by atoms with Crippen molar-refractivity contribution in [3.8, 4) is 5.75 Å². The predicted molar refractivity (Wildman–Crippen MR) is 52.3 cm³/mol.